The zero-order chi connectivity index (χ0) is 21.0. The van der Waals surface area contributed by atoms with Crippen LogP contribution in [-0.4, -0.2) is 47.0 Å². The number of hydrogen-bond donors (Lipinski definition) is 4. The maximum Gasteiger partial charge on any atom is 0.280 e. The summed E-state index contributed by atoms with van der Waals surface area (Å²) < 4.78 is 27.8. The highest BCUT2D eigenvalue weighted by Crippen LogP contribution is 2.24. The van der Waals surface area contributed by atoms with Crippen molar-refractivity contribution in [2.24, 2.45) is 0 Å². The molecule has 4 N–H and O–H groups in total. The fourth-order valence-electron chi connectivity index (χ4n) is 2.95. The molecule has 2 heterocycles. The monoisotopic (exact) mass is 424 g/mol. The number of rotatable bonds is 5. The van der Waals surface area contributed by atoms with Crippen molar-refractivity contribution in [3.05, 3.63) is 52.8 Å². The largest absolute Gasteiger partial charge is 0.508 e. The van der Waals surface area contributed by atoms with Gasteiger partial charge in [0, 0.05) is 22.5 Å². The number of nitrogens with one attached hydrogen (secondary N) is 3. The SMILES string of the molecule is O=C(Cc1cc(Cl)ccc1O)Nc1ccnc(C(=O)NC2CCNCC2(F)F)c1. The predicted octanol–water partition coefficient (Wildman–Crippen LogP) is 2.35. The molecule has 1 saturated heterocycles. The molecular weight excluding hydrogens is 406 g/mol. The molecule has 3 rings (SSSR count). The van der Waals surface area contributed by atoms with Crippen LogP contribution in [0.5, 0.6) is 5.75 Å². The molecule has 1 atom stereocenters. The smallest absolute Gasteiger partial charge is 0.280 e. The number of piperidine rings is 1. The second-order valence-electron chi connectivity index (χ2n) is 6.68. The van der Waals surface area contributed by atoms with Crippen LogP contribution >= 0.6 is 11.6 Å². The van der Waals surface area contributed by atoms with Crippen LogP contribution in [0.1, 0.15) is 22.5 Å². The third kappa shape index (κ3) is 5.39. The Bertz CT molecular complexity index is 926. The number of benzene rings is 1. The Balaban J connectivity index is 1.65. The van der Waals surface area contributed by atoms with Crippen LogP contribution < -0.4 is 16.0 Å². The number of carbonyl (C=O) groups is 2. The van der Waals surface area contributed by atoms with E-state index >= 15 is 0 Å². The van der Waals surface area contributed by atoms with Crippen molar-refractivity contribution in [2.45, 2.75) is 24.8 Å². The number of carbonyl (C=O) groups excluding carboxylic acids is 2. The number of phenolic OH excluding ortho intramolecular Hbond substituents is 1. The number of hydrogen-bond acceptors (Lipinski definition) is 5. The van der Waals surface area contributed by atoms with Gasteiger partial charge in [-0.25, -0.2) is 8.78 Å². The molecule has 1 aromatic heterocycles. The number of aromatic nitrogens is 1. The molecule has 2 amide bonds. The molecule has 0 bridgehead atoms. The number of alkyl halides is 2. The fourth-order valence-corrected chi connectivity index (χ4v) is 3.15. The maximum absolute atomic E-state index is 13.9. The minimum atomic E-state index is -3.06. The van der Waals surface area contributed by atoms with E-state index in [1.807, 2.05) is 0 Å². The Hall–Kier alpha value is -2.78. The molecule has 1 fully saturated rings. The zero-order valence-electron chi connectivity index (χ0n) is 15.2. The Morgan fingerprint density at radius 2 is 2.10 bits per heavy atom. The van der Waals surface area contributed by atoms with Crippen LogP contribution in [0, 0.1) is 0 Å². The van der Waals surface area contributed by atoms with Gasteiger partial charge in [-0.15, -0.1) is 0 Å². The number of phenols is 1. The summed E-state index contributed by atoms with van der Waals surface area (Å²) in [6.45, 7) is -0.127. The van der Waals surface area contributed by atoms with E-state index in [2.05, 4.69) is 20.9 Å². The normalized spacial score (nSPS) is 18.1. The summed E-state index contributed by atoms with van der Waals surface area (Å²) in [6, 6.07) is 5.83. The third-order valence-corrected chi connectivity index (χ3v) is 4.69. The van der Waals surface area contributed by atoms with Crippen molar-refractivity contribution in [1.29, 1.82) is 0 Å². The fraction of sp³-hybridized carbons (Fsp3) is 0.316. The number of halogens is 3. The molecule has 2 aromatic rings. The van der Waals surface area contributed by atoms with Crippen LogP contribution in [0.4, 0.5) is 14.5 Å². The van der Waals surface area contributed by atoms with E-state index < -0.39 is 30.3 Å². The molecule has 1 aliphatic rings. The zero-order valence-corrected chi connectivity index (χ0v) is 16.0. The van der Waals surface area contributed by atoms with E-state index in [9.17, 15) is 23.5 Å². The van der Waals surface area contributed by atoms with Gasteiger partial charge in [0.2, 0.25) is 5.91 Å². The number of pyridine rings is 1. The molecule has 29 heavy (non-hydrogen) atoms. The Morgan fingerprint density at radius 1 is 1.31 bits per heavy atom. The summed E-state index contributed by atoms with van der Waals surface area (Å²) >= 11 is 5.86. The lowest BCUT2D eigenvalue weighted by Crippen LogP contribution is -2.57. The van der Waals surface area contributed by atoms with Crippen LogP contribution in [0.2, 0.25) is 5.02 Å². The topological polar surface area (TPSA) is 103 Å². The average molecular weight is 425 g/mol. The van der Waals surface area contributed by atoms with Gasteiger partial charge in [-0.2, -0.15) is 0 Å². The first-order valence-corrected chi connectivity index (χ1v) is 9.25. The molecule has 0 spiro atoms. The molecule has 1 aromatic carbocycles. The van der Waals surface area contributed by atoms with Gasteiger partial charge >= 0.3 is 0 Å². The summed E-state index contributed by atoms with van der Waals surface area (Å²) in [6.07, 6.45) is 1.25. The molecule has 1 aliphatic heterocycles. The lowest BCUT2D eigenvalue weighted by atomic mass is 10.0. The lowest BCUT2D eigenvalue weighted by molar-refractivity contribution is -0.115. The van der Waals surface area contributed by atoms with Gasteiger partial charge in [-0.3, -0.25) is 14.6 Å². The van der Waals surface area contributed by atoms with Crippen molar-refractivity contribution in [2.75, 3.05) is 18.4 Å². The first kappa shape index (κ1) is 20.9. The maximum atomic E-state index is 13.9. The molecule has 0 saturated carbocycles. The van der Waals surface area contributed by atoms with Crippen LogP contribution in [0.3, 0.4) is 0 Å². The summed E-state index contributed by atoms with van der Waals surface area (Å²) in [7, 11) is 0. The number of anilines is 1. The highest BCUT2D eigenvalue weighted by Gasteiger charge is 2.42. The quantitative estimate of drug-likeness (QED) is 0.590. The van der Waals surface area contributed by atoms with Crippen molar-refractivity contribution >= 4 is 29.1 Å². The second kappa shape index (κ2) is 8.71. The summed E-state index contributed by atoms with van der Waals surface area (Å²) in [4.78, 5) is 28.4. The number of nitrogens with zero attached hydrogens (tertiary/aromatic N) is 1. The van der Waals surface area contributed by atoms with Crippen molar-refractivity contribution in [1.82, 2.24) is 15.6 Å². The molecule has 7 nitrogen and oxygen atoms in total. The Morgan fingerprint density at radius 3 is 2.86 bits per heavy atom. The van der Waals surface area contributed by atoms with Gasteiger partial charge in [0.05, 0.1) is 19.0 Å². The first-order valence-electron chi connectivity index (χ1n) is 8.87. The van der Waals surface area contributed by atoms with Crippen molar-refractivity contribution in [3.8, 4) is 5.75 Å². The van der Waals surface area contributed by atoms with Gasteiger partial charge < -0.3 is 21.1 Å². The first-order chi connectivity index (χ1) is 13.7. The number of amides is 2. The van der Waals surface area contributed by atoms with Gasteiger partial charge in [-0.1, -0.05) is 11.6 Å². The molecule has 0 radical (unpaired) electrons. The molecule has 0 aliphatic carbocycles. The third-order valence-electron chi connectivity index (χ3n) is 4.45. The highest BCUT2D eigenvalue weighted by atomic mass is 35.5. The van der Waals surface area contributed by atoms with Crippen molar-refractivity contribution in [3.63, 3.8) is 0 Å². The van der Waals surface area contributed by atoms with Crippen molar-refractivity contribution < 1.29 is 23.5 Å². The average Bonchev–Trinajstić information content (AvgIpc) is 2.66. The van der Waals surface area contributed by atoms with Gasteiger partial charge in [0.15, 0.2) is 0 Å². The van der Waals surface area contributed by atoms with Crippen LogP contribution in [0.25, 0.3) is 0 Å². The Labute approximate surface area is 170 Å². The Kier molecular flexibility index (Phi) is 6.29. The summed E-state index contributed by atoms with van der Waals surface area (Å²) in [5.41, 5.74) is 0.520. The summed E-state index contributed by atoms with van der Waals surface area (Å²) in [5.74, 6) is -4.33. The predicted molar refractivity (Wildman–Crippen MR) is 103 cm³/mol. The van der Waals surface area contributed by atoms with E-state index in [0.717, 1.165) is 0 Å². The standard InChI is InChI=1S/C19H19ClF2N4O3/c20-12-1-2-15(27)11(7-12)8-17(28)25-13-3-6-24-14(9-13)18(29)26-16-4-5-23-10-19(16,21)22/h1-3,6-7,9,16,23,27H,4-5,8,10H2,(H,26,29)(H,24,25,28). The van der Waals surface area contributed by atoms with E-state index in [1.54, 1.807) is 0 Å². The van der Waals surface area contributed by atoms with E-state index in [-0.39, 0.29) is 30.0 Å². The van der Waals surface area contributed by atoms with Gasteiger partial charge in [0.25, 0.3) is 11.8 Å². The molecular formula is C19H19ClF2N4O3. The van der Waals surface area contributed by atoms with Gasteiger partial charge in [-0.05, 0) is 43.3 Å². The highest BCUT2D eigenvalue weighted by molar-refractivity contribution is 6.30. The lowest BCUT2D eigenvalue weighted by Gasteiger charge is -2.32. The number of aromatic hydroxyl groups is 1. The minimum Gasteiger partial charge on any atom is -0.508 e. The molecule has 10 heteroatoms. The second-order valence-corrected chi connectivity index (χ2v) is 7.12. The summed E-state index contributed by atoms with van der Waals surface area (Å²) in [5, 5.41) is 17.6. The molecule has 1 unspecified atom stereocenters. The van der Waals surface area contributed by atoms with Crippen LogP contribution in [0.15, 0.2) is 36.5 Å². The van der Waals surface area contributed by atoms with E-state index in [0.29, 0.717) is 17.1 Å². The van der Waals surface area contributed by atoms with E-state index in [1.165, 1.54) is 36.5 Å². The van der Waals surface area contributed by atoms with E-state index in [4.69, 9.17) is 11.6 Å². The molecule has 154 valence electrons. The van der Waals surface area contributed by atoms with Gasteiger partial charge in [0.1, 0.15) is 11.4 Å². The van der Waals surface area contributed by atoms with Crippen LogP contribution in [-0.2, 0) is 11.2 Å². The minimum absolute atomic E-state index is 0.0674.